The van der Waals surface area contributed by atoms with E-state index in [2.05, 4.69) is 5.32 Å². The van der Waals surface area contributed by atoms with E-state index in [-0.39, 0.29) is 17.4 Å². The minimum absolute atomic E-state index is 0.0175. The maximum Gasteiger partial charge on any atom is 0.239 e. The van der Waals surface area contributed by atoms with Gasteiger partial charge >= 0.3 is 0 Å². The monoisotopic (exact) mass is 390 g/mol. The highest BCUT2D eigenvalue weighted by Gasteiger charge is 2.25. The van der Waals surface area contributed by atoms with Crippen molar-refractivity contribution in [1.29, 1.82) is 0 Å². The van der Waals surface area contributed by atoms with Crippen LogP contribution in [-0.2, 0) is 9.59 Å². The molecule has 0 unspecified atom stereocenters. The molecule has 0 heterocycles. The van der Waals surface area contributed by atoms with Crippen LogP contribution in [0, 0.1) is 0 Å². The highest BCUT2D eigenvalue weighted by molar-refractivity contribution is 8.00. The summed E-state index contributed by atoms with van der Waals surface area (Å²) in [6.07, 6.45) is 0. The van der Waals surface area contributed by atoms with Crippen molar-refractivity contribution in [3.8, 4) is 11.1 Å². The van der Waals surface area contributed by atoms with Crippen molar-refractivity contribution in [3.05, 3.63) is 65.7 Å². The quantitative estimate of drug-likeness (QED) is 0.513. The number of primary amides is 1. The molecule has 0 fully saturated rings. The average Bonchev–Trinajstić information content (AvgIpc) is 2.70. The van der Waals surface area contributed by atoms with Gasteiger partial charge in [-0.3, -0.25) is 14.4 Å². The lowest BCUT2D eigenvalue weighted by Gasteiger charge is -2.21. The van der Waals surface area contributed by atoms with Gasteiger partial charge in [-0.1, -0.05) is 48.5 Å². The Hall–Kier alpha value is -3.12. The third-order valence-electron chi connectivity index (χ3n) is 4.87. The Morgan fingerprint density at radius 1 is 0.964 bits per heavy atom. The van der Waals surface area contributed by atoms with Gasteiger partial charge in [0.05, 0.1) is 5.75 Å². The highest BCUT2D eigenvalue weighted by atomic mass is 32.2. The average molecular weight is 390 g/mol. The molecular formula is C22H18N2O3S. The van der Waals surface area contributed by atoms with Gasteiger partial charge in [-0.25, -0.2) is 0 Å². The largest absolute Gasteiger partial charge is 0.368 e. The van der Waals surface area contributed by atoms with Crippen molar-refractivity contribution < 1.29 is 14.4 Å². The number of nitrogens with one attached hydrogen (secondary N) is 1. The number of amides is 2. The number of hydrogen-bond acceptors (Lipinski definition) is 4. The molecule has 4 rings (SSSR count). The molecule has 1 atom stereocenters. The Morgan fingerprint density at radius 2 is 1.68 bits per heavy atom. The van der Waals surface area contributed by atoms with Crippen molar-refractivity contribution in [1.82, 2.24) is 5.32 Å². The molecule has 6 heteroatoms. The first-order chi connectivity index (χ1) is 13.5. The lowest BCUT2D eigenvalue weighted by molar-refractivity contribution is -0.125. The molecule has 1 aliphatic carbocycles. The standard InChI is InChI=1S/C22H18N2O3S/c1-12(22(23)27)24-19(25)11-28-18-10-9-14-13-5-2-3-6-15(13)21(26)17-8-4-7-16(18)20(14)17/h2-10,12H,11H2,1H3,(H2,23,27)(H,24,25)/t12-/m1/s1. The van der Waals surface area contributed by atoms with Gasteiger partial charge in [0.25, 0.3) is 0 Å². The van der Waals surface area contributed by atoms with Crippen LogP contribution in [0.15, 0.2) is 59.5 Å². The summed E-state index contributed by atoms with van der Waals surface area (Å²) in [5.74, 6) is -0.667. The Bertz CT molecular complexity index is 1140. The molecule has 3 N–H and O–H groups in total. The number of benzene rings is 3. The third kappa shape index (κ3) is 3.05. The number of carbonyl (C=O) groups excluding carboxylic acids is 3. The molecule has 28 heavy (non-hydrogen) atoms. The highest BCUT2D eigenvalue weighted by Crippen LogP contribution is 2.42. The Labute approximate surface area is 166 Å². The van der Waals surface area contributed by atoms with Crippen LogP contribution < -0.4 is 11.1 Å². The lowest BCUT2D eigenvalue weighted by atomic mass is 9.83. The second-order valence-corrected chi connectivity index (χ2v) is 7.71. The molecule has 0 aromatic heterocycles. The van der Waals surface area contributed by atoms with Crippen LogP contribution in [0.4, 0.5) is 0 Å². The Morgan fingerprint density at radius 3 is 2.43 bits per heavy atom. The first-order valence-electron chi connectivity index (χ1n) is 8.88. The normalized spacial score (nSPS) is 13.1. The molecule has 0 bridgehead atoms. The first kappa shape index (κ1) is 18.3. The van der Waals surface area contributed by atoms with E-state index in [1.165, 1.54) is 11.8 Å². The van der Waals surface area contributed by atoms with Crippen LogP contribution in [0.3, 0.4) is 0 Å². The molecule has 1 aliphatic rings. The predicted molar refractivity (Wildman–Crippen MR) is 110 cm³/mol. The molecule has 0 saturated carbocycles. The van der Waals surface area contributed by atoms with Crippen LogP contribution in [0.2, 0.25) is 0 Å². The van der Waals surface area contributed by atoms with E-state index >= 15 is 0 Å². The Balaban J connectivity index is 1.70. The number of hydrogen-bond donors (Lipinski definition) is 2. The minimum Gasteiger partial charge on any atom is -0.368 e. The summed E-state index contributed by atoms with van der Waals surface area (Å²) in [5.41, 5.74) is 8.53. The van der Waals surface area contributed by atoms with Crippen molar-refractivity contribution in [2.75, 3.05) is 5.75 Å². The maximum atomic E-state index is 12.9. The first-order valence-corrected chi connectivity index (χ1v) is 9.87. The van der Waals surface area contributed by atoms with Gasteiger partial charge in [-0.15, -0.1) is 11.8 Å². The second-order valence-electron chi connectivity index (χ2n) is 6.69. The summed E-state index contributed by atoms with van der Waals surface area (Å²) >= 11 is 1.37. The molecule has 0 aliphatic heterocycles. The molecule has 140 valence electrons. The van der Waals surface area contributed by atoms with Gasteiger partial charge in [0, 0.05) is 21.4 Å². The number of carbonyl (C=O) groups is 3. The summed E-state index contributed by atoms with van der Waals surface area (Å²) in [7, 11) is 0. The van der Waals surface area contributed by atoms with E-state index in [0.717, 1.165) is 26.8 Å². The van der Waals surface area contributed by atoms with E-state index in [0.29, 0.717) is 11.1 Å². The summed E-state index contributed by atoms with van der Waals surface area (Å²) < 4.78 is 0. The van der Waals surface area contributed by atoms with Crippen LogP contribution in [0.1, 0.15) is 22.8 Å². The van der Waals surface area contributed by atoms with Crippen LogP contribution in [0.25, 0.3) is 21.9 Å². The van der Waals surface area contributed by atoms with Gasteiger partial charge in [0.2, 0.25) is 11.8 Å². The second kappa shape index (κ2) is 7.13. The van der Waals surface area contributed by atoms with E-state index in [4.69, 9.17) is 5.73 Å². The fourth-order valence-corrected chi connectivity index (χ4v) is 4.34. The summed E-state index contributed by atoms with van der Waals surface area (Å²) in [5, 5.41) is 4.44. The minimum atomic E-state index is -0.710. The molecule has 0 spiro atoms. The van der Waals surface area contributed by atoms with E-state index in [1.54, 1.807) is 6.92 Å². The number of thioether (sulfide) groups is 1. The predicted octanol–water partition coefficient (Wildman–Crippen LogP) is 3.13. The molecule has 3 aromatic carbocycles. The third-order valence-corrected chi connectivity index (χ3v) is 5.94. The number of nitrogens with two attached hydrogens (primary N) is 1. The number of fused-ring (bicyclic) bond motifs is 2. The van der Waals surface area contributed by atoms with Crippen LogP contribution in [-0.4, -0.2) is 29.4 Å². The van der Waals surface area contributed by atoms with Gasteiger partial charge in [0.15, 0.2) is 5.78 Å². The molecule has 3 aromatic rings. The Kier molecular flexibility index (Phi) is 4.65. The summed E-state index contributed by atoms with van der Waals surface area (Å²) in [6.45, 7) is 1.55. The molecule has 0 radical (unpaired) electrons. The van der Waals surface area contributed by atoms with E-state index in [9.17, 15) is 14.4 Å². The van der Waals surface area contributed by atoms with Crippen molar-refractivity contribution in [2.24, 2.45) is 5.73 Å². The van der Waals surface area contributed by atoms with Gasteiger partial charge < -0.3 is 11.1 Å². The zero-order chi connectivity index (χ0) is 19.8. The molecule has 2 amide bonds. The zero-order valence-corrected chi connectivity index (χ0v) is 16.0. The van der Waals surface area contributed by atoms with Gasteiger partial charge in [0.1, 0.15) is 6.04 Å². The topological polar surface area (TPSA) is 89.3 Å². The smallest absolute Gasteiger partial charge is 0.239 e. The lowest BCUT2D eigenvalue weighted by Crippen LogP contribution is -2.42. The number of rotatable bonds is 5. The molecule has 5 nitrogen and oxygen atoms in total. The zero-order valence-electron chi connectivity index (χ0n) is 15.2. The van der Waals surface area contributed by atoms with Crippen molar-refractivity contribution in [3.63, 3.8) is 0 Å². The van der Waals surface area contributed by atoms with Crippen molar-refractivity contribution in [2.45, 2.75) is 17.9 Å². The van der Waals surface area contributed by atoms with E-state index < -0.39 is 11.9 Å². The SMILES string of the molecule is C[C@@H](NC(=O)CSc1ccc2c3c(cccc13)C(=O)c1ccccc1-2)C(N)=O. The maximum absolute atomic E-state index is 12.9. The summed E-state index contributed by atoms with van der Waals surface area (Å²) in [4.78, 5) is 37.0. The van der Waals surface area contributed by atoms with Crippen molar-refractivity contribution >= 4 is 40.1 Å². The fourth-order valence-electron chi connectivity index (χ4n) is 3.48. The van der Waals surface area contributed by atoms with Gasteiger partial charge in [-0.2, -0.15) is 0 Å². The fraction of sp³-hybridized carbons (Fsp3) is 0.136. The summed E-state index contributed by atoms with van der Waals surface area (Å²) in [6, 6.07) is 16.6. The number of ketones is 1. The molecular weight excluding hydrogens is 372 g/mol. The van der Waals surface area contributed by atoms with Crippen LogP contribution >= 0.6 is 11.8 Å². The molecule has 0 saturated heterocycles. The van der Waals surface area contributed by atoms with E-state index in [1.807, 2.05) is 54.6 Å². The van der Waals surface area contributed by atoms with Crippen LogP contribution in [0.5, 0.6) is 0 Å². The van der Waals surface area contributed by atoms with Gasteiger partial charge in [-0.05, 0) is 29.5 Å².